The lowest BCUT2D eigenvalue weighted by Gasteiger charge is -2.24. The molecule has 0 aliphatic carbocycles. The van der Waals surface area contributed by atoms with E-state index in [9.17, 15) is 9.90 Å². The highest BCUT2D eigenvalue weighted by atomic mass is 16.5. The molecule has 0 amide bonds. The van der Waals surface area contributed by atoms with E-state index in [2.05, 4.69) is 0 Å². The summed E-state index contributed by atoms with van der Waals surface area (Å²) in [5.41, 5.74) is 4.97. The molecule has 5 heteroatoms. The zero-order valence-electron chi connectivity index (χ0n) is 10.2. The van der Waals surface area contributed by atoms with Crippen LogP contribution in [0.5, 0.6) is 11.5 Å². The lowest BCUT2D eigenvalue weighted by Crippen LogP contribution is -2.44. The molecule has 0 saturated heterocycles. The molecule has 0 fully saturated rings. The van der Waals surface area contributed by atoms with Crippen LogP contribution >= 0.6 is 0 Å². The number of carboxylic acids is 1. The normalized spacial score (nSPS) is 13.9. The minimum atomic E-state index is -1.40. The first-order chi connectivity index (χ1) is 7.99. The van der Waals surface area contributed by atoms with Gasteiger partial charge in [-0.05, 0) is 24.1 Å². The molecule has 1 atom stereocenters. The van der Waals surface area contributed by atoms with Crippen LogP contribution < -0.4 is 15.2 Å². The summed E-state index contributed by atoms with van der Waals surface area (Å²) in [4.78, 5) is 11.2. The van der Waals surface area contributed by atoms with E-state index in [0.717, 1.165) is 0 Å². The van der Waals surface area contributed by atoms with Crippen LogP contribution in [0.4, 0.5) is 0 Å². The largest absolute Gasteiger partial charge is 0.493 e. The van der Waals surface area contributed by atoms with Crippen LogP contribution in [0.25, 0.3) is 0 Å². The van der Waals surface area contributed by atoms with Crippen molar-refractivity contribution in [3.63, 3.8) is 0 Å². The number of methoxy groups -OCH3 is 2. The summed E-state index contributed by atoms with van der Waals surface area (Å²) in [6, 6.07) is 4.88. The fraction of sp³-hybridized carbons (Fsp3) is 0.417. The van der Waals surface area contributed by atoms with E-state index >= 15 is 0 Å². The first kappa shape index (κ1) is 13.3. The quantitative estimate of drug-likeness (QED) is 0.810. The molecule has 1 rings (SSSR count). The van der Waals surface area contributed by atoms with Crippen molar-refractivity contribution in [1.29, 1.82) is 0 Å². The van der Waals surface area contributed by atoms with E-state index < -0.39 is 11.5 Å². The Morgan fingerprint density at radius 1 is 1.35 bits per heavy atom. The standard InChI is InChI=1S/C12H17NO4/c1-4-12(13,11(14)15)8-5-6-9(16-2)10(7-8)17-3/h5-7H,4,13H2,1-3H3,(H,14,15). The molecule has 3 N–H and O–H groups in total. The van der Waals surface area contributed by atoms with E-state index in [-0.39, 0.29) is 6.42 Å². The minimum Gasteiger partial charge on any atom is -0.493 e. The number of hydrogen-bond acceptors (Lipinski definition) is 4. The Morgan fingerprint density at radius 3 is 2.35 bits per heavy atom. The molecule has 0 aromatic heterocycles. The summed E-state index contributed by atoms with van der Waals surface area (Å²) in [6.07, 6.45) is 0.290. The summed E-state index contributed by atoms with van der Waals surface area (Å²) in [5, 5.41) is 9.18. The Labute approximate surface area is 100 Å². The molecule has 94 valence electrons. The van der Waals surface area contributed by atoms with Gasteiger partial charge < -0.3 is 20.3 Å². The van der Waals surface area contributed by atoms with Gasteiger partial charge in [0.05, 0.1) is 14.2 Å². The van der Waals surface area contributed by atoms with Crippen LogP contribution in [0.15, 0.2) is 18.2 Å². The molecule has 5 nitrogen and oxygen atoms in total. The van der Waals surface area contributed by atoms with Gasteiger partial charge in [-0.2, -0.15) is 0 Å². The van der Waals surface area contributed by atoms with E-state index in [0.29, 0.717) is 17.1 Å². The number of aliphatic carboxylic acids is 1. The highest BCUT2D eigenvalue weighted by molar-refractivity contribution is 5.80. The Bertz CT molecular complexity index is 419. The lowest BCUT2D eigenvalue weighted by atomic mass is 9.88. The molecular weight excluding hydrogens is 222 g/mol. The van der Waals surface area contributed by atoms with Crippen molar-refractivity contribution < 1.29 is 19.4 Å². The SMILES string of the molecule is CCC(N)(C(=O)O)c1ccc(OC)c(OC)c1. The maximum Gasteiger partial charge on any atom is 0.328 e. The zero-order valence-corrected chi connectivity index (χ0v) is 10.2. The van der Waals surface area contributed by atoms with Gasteiger partial charge in [-0.25, -0.2) is 4.79 Å². The molecule has 1 aromatic rings. The Balaban J connectivity index is 3.27. The smallest absolute Gasteiger partial charge is 0.328 e. The molecule has 0 aliphatic heterocycles. The van der Waals surface area contributed by atoms with Gasteiger partial charge in [0, 0.05) is 0 Å². The molecule has 0 heterocycles. The number of benzene rings is 1. The molecule has 0 saturated carbocycles. The summed E-state index contributed by atoms with van der Waals surface area (Å²) in [7, 11) is 3.01. The number of nitrogens with two attached hydrogens (primary N) is 1. The fourth-order valence-corrected chi connectivity index (χ4v) is 1.59. The second-order valence-corrected chi connectivity index (χ2v) is 3.70. The first-order valence-electron chi connectivity index (χ1n) is 5.24. The minimum absolute atomic E-state index is 0.290. The van der Waals surface area contributed by atoms with Gasteiger partial charge in [-0.15, -0.1) is 0 Å². The molecule has 17 heavy (non-hydrogen) atoms. The van der Waals surface area contributed by atoms with Crippen LogP contribution in [-0.2, 0) is 10.3 Å². The number of hydrogen-bond donors (Lipinski definition) is 2. The van der Waals surface area contributed by atoms with Gasteiger partial charge in [0.15, 0.2) is 11.5 Å². The maximum atomic E-state index is 11.2. The molecule has 0 spiro atoms. The van der Waals surface area contributed by atoms with Crippen LogP contribution in [-0.4, -0.2) is 25.3 Å². The monoisotopic (exact) mass is 239 g/mol. The van der Waals surface area contributed by atoms with Gasteiger partial charge >= 0.3 is 5.97 Å². The van der Waals surface area contributed by atoms with Crippen molar-refractivity contribution in [3.05, 3.63) is 23.8 Å². The number of carboxylic acid groups (broad SMARTS) is 1. The van der Waals surface area contributed by atoms with E-state index in [4.69, 9.17) is 15.2 Å². The fourth-order valence-electron chi connectivity index (χ4n) is 1.59. The van der Waals surface area contributed by atoms with Crippen molar-refractivity contribution in [2.75, 3.05) is 14.2 Å². The second-order valence-electron chi connectivity index (χ2n) is 3.70. The first-order valence-corrected chi connectivity index (χ1v) is 5.24. The maximum absolute atomic E-state index is 11.2. The van der Waals surface area contributed by atoms with Crippen molar-refractivity contribution in [3.8, 4) is 11.5 Å². The Morgan fingerprint density at radius 2 is 1.94 bits per heavy atom. The molecule has 0 aliphatic rings. The third kappa shape index (κ3) is 2.34. The third-order valence-electron chi connectivity index (χ3n) is 2.84. The predicted molar refractivity (Wildman–Crippen MR) is 63.3 cm³/mol. The summed E-state index contributed by atoms with van der Waals surface area (Å²) >= 11 is 0. The number of rotatable bonds is 5. The average molecular weight is 239 g/mol. The van der Waals surface area contributed by atoms with Gasteiger partial charge in [-0.3, -0.25) is 0 Å². The van der Waals surface area contributed by atoms with Crippen LogP contribution in [0.3, 0.4) is 0 Å². The summed E-state index contributed by atoms with van der Waals surface area (Å²) in [6.45, 7) is 1.73. The molecule has 0 radical (unpaired) electrons. The molecule has 0 bridgehead atoms. The highest BCUT2D eigenvalue weighted by Crippen LogP contribution is 2.32. The molecular formula is C12H17NO4. The van der Waals surface area contributed by atoms with Crippen LogP contribution in [0.2, 0.25) is 0 Å². The average Bonchev–Trinajstić information content (AvgIpc) is 2.36. The van der Waals surface area contributed by atoms with Crippen molar-refractivity contribution >= 4 is 5.97 Å². The predicted octanol–water partition coefficient (Wildman–Crippen LogP) is 1.35. The summed E-state index contributed by atoms with van der Waals surface area (Å²) < 4.78 is 10.2. The van der Waals surface area contributed by atoms with Crippen LogP contribution in [0.1, 0.15) is 18.9 Å². The van der Waals surface area contributed by atoms with Crippen LogP contribution in [0, 0.1) is 0 Å². The van der Waals surface area contributed by atoms with Crippen molar-refractivity contribution in [2.24, 2.45) is 5.73 Å². The van der Waals surface area contributed by atoms with Crippen molar-refractivity contribution in [2.45, 2.75) is 18.9 Å². The third-order valence-corrected chi connectivity index (χ3v) is 2.84. The van der Waals surface area contributed by atoms with Crippen molar-refractivity contribution in [1.82, 2.24) is 0 Å². The lowest BCUT2D eigenvalue weighted by molar-refractivity contribution is -0.143. The van der Waals surface area contributed by atoms with Gasteiger partial charge in [0.2, 0.25) is 0 Å². The van der Waals surface area contributed by atoms with E-state index in [1.807, 2.05) is 0 Å². The Kier molecular flexibility index (Phi) is 3.96. The summed E-state index contributed by atoms with van der Waals surface area (Å²) in [5.74, 6) is -0.0539. The van der Waals surface area contributed by atoms with E-state index in [1.165, 1.54) is 14.2 Å². The van der Waals surface area contributed by atoms with E-state index in [1.54, 1.807) is 25.1 Å². The highest BCUT2D eigenvalue weighted by Gasteiger charge is 2.34. The molecule has 1 aromatic carbocycles. The Hall–Kier alpha value is -1.75. The van der Waals surface area contributed by atoms with Gasteiger partial charge in [-0.1, -0.05) is 13.0 Å². The topological polar surface area (TPSA) is 81.8 Å². The second kappa shape index (κ2) is 5.05. The zero-order chi connectivity index (χ0) is 13.1. The van der Waals surface area contributed by atoms with Gasteiger partial charge in [0.1, 0.15) is 5.54 Å². The molecule has 1 unspecified atom stereocenters. The number of ether oxygens (including phenoxy) is 2. The number of carbonyl (C=O) groups is 1. The van der Waals surface area contributed by atoms with Gasteiger partial charge in [0.25, 0.3) is 0 Å².